The van der Waals surface area contributed by atoms with Gasteiger partial charge >= 0.3 is 7.60 Å². The van der Waals surface area contributed by atoms with Gasteiger partial charge < -0.3 is 14.2 Å². The van der Waals surface area contributed by atoms with Crippen molar-refractivity contribution in [2.75, 3.05) is 13.2 Å². The summed E-state index contributed by atoms with van der Waals surface area (Å²) in [6, 6.07) is 17.5. The molecule has 0 aliphatic carbocycles. The lowest BCUT2D eigenvalue weighted by atomic mass is 9.91. The molecule has 1 fully saturated rings. The standard InChI is InChI=1S/C20H23O5P/c1-20(2)13-24-26(23,25-14-20)19(22)17(15-9-5-3-6-10-15)18(21)16-11-7-4-8-12-16/h3-12,17,19,22H,13-14H2,1-2H3. The number of hydrogen-bond donors (Lipinski definition) is 1. The lowest BCUT2D eigenvalue weighted by molar-refractivity contribution is 0.0196. The van der Waals surface area contributed by atoms with Gasteiger partial charge in [0.15, 0.2) is 11.6 Å². The van der Waals surface area contributed by atoms with Crippen molar-refractivity contribution in [3.05, 3.63) is 71.8 Å². The quantitative estimate of drug-likeness (QED) is 0.626. The Balaban J connectivity index is 1.96. The Morgan fingerprint density at radius 1 is 1.00 bits per heavy atom. The summed E-state index contributed by atoms with van der Waals surface area (Å²) in [6.07, 6.45) is 0. The maximum absolute atomic E-state index is 13.1. The number of aliphatic hydroxyl groups is 1. The van der Waals surface area contributed by atoms with E-state index < -0.39 is 19.4 Å². The molecule has 138 valence electrons. The molecule has 0 spiro atoms. The SMILES string of the molecule is CC1(C)COP(=O)(C(O)C(C(=O)c2ccccc2)c2ccccc2)OC1. The summed E-state index contributed by atoms with van der Waals surface area (Å²) in [5.74, 6) is -2.93. The molecule has 0 aromatic heterocycles. The van der Waals surface area contributed by atoms with E-state index in [0.717, 1.165) is 0 Å². The molecule has 5 nitrogen and oxygen atoms in total. The minimum absolute atomic E-state index is 0.197. The summed E-state index contributed by atoms with van der Waals surface area (Å²) < 4.78 is 24.0. The average molecular weight is 374 g/mol. The molecule has 1 N–H and O–H groups in total. The highest BCUT2D eigenvalue weighted by atomic mass is 31.2. The van der Waals surface area contributed by atoms with E-state index in [2.05, 4.69) is 0 Å². The van der Waals surface area contributed by atoms with Gasteiger partial charge in [-0.2, -0.15) is 0 Å². The zero-order chi connectivity index (χ0) is 18.8. The Labute approximate surface area is 153 Å². The zero-order valence-electron chi connectivity index (χ0n) is 14.9. The third kappa shape index (κ3) is 3.97. The predicted molar refractivity (Wildman–Crippen MR) is 99.3 cm³/mol. The van der Waals surface area contributed by atoms with Crippen LogP contribution in [0.3, 0.4) is 0 Å². The van der Waals surface area contributed by atoms with E-state index in [4.69, 9.17) is 9.05 Å². The van der Waals surface area contributed by atoms with Gasteiger partial charge in [0.25, 0.3) is 0 Å². The number of hydrogen-bond acceptors (Lipinski definition) is 5. The summed E-state index contributed by atoms with van der Waals surface area (Å²) in [6.45, 7) is 4.24. The van der Waals surface area contributed by atoms with Crippen LogP contribution >= 0.6 is 7.60 Å². The summed E-state index contributed by atoms with van der Waals surface area (Å²) in [4.78, 5) is 13.1. The van der Waals surface area contributed by atoms with Crippen molar-refractivity contribution in [2.24, 2.45) is 5.41 Å². The van der Waals surface area contributed by atoms with Crippen LogP contribution in [-0.2, 0) is 13.6 Å². The van der Waals surface area contributed by atoms with Gasteiger partial charge in [0, 0.05) is 11.0 Å². The second-order valence-corrected chi connectivity index (χ2v) is 9.41. The first-order chi connectivity index (χ1) is 12.3. The van der Waals surface area contributed by atoms with Gasteiger partial charge in [-0.1, -0.05) is 74.5 Å². The van der Waals surface area contributed by atoms with Gasteiger partial charge in [-0.25, -0.2) is 0 Å². The van der Waals surface area contributed by atoms with Crippen LogP contribution in [0.1, 0.15) is 35.7 Å². The van der Waals surface area contributed by atoms with Crippen LogP contribution in [0.4, 0.5) is 0 Å². The fourth-order valence-corrected chi connectivity index (χ4v) is 4.96. The minimum atomic E-state index is -3.85. The molecule has 1 heterocycles. The molecule has 1 aliphatic heterocycles. The van der Waals surface area contributed by atoms with E-state index in [1.165, 1.54) is 0 Å². The van der Waals surface area contributed by atoms with Gasteiger partial charge in [0.2, 0.25) is 0 Å². The molecule has 2 atom stereocenters. The van der Waals surface area contributed by atoms with Gasteiger partial charge in [0.1, 0.15) is 0 Å². The number of ketones is 1. The largest absolute Gasteiger partial charge is 0.379 e. The molecule has 2 aromatic rings. The number of aliphatic hydroxyl groups excluding tert-OH is 1. The number of Topliss-reactive ketones (excluding diaryl/α,β-unsaturated/α-hetero) is 1. The molecule has 0 amide bonds. The molecule has 0 saturated carbocycles. The van der Waals surface area contributed by atoms with E-state index in [-0.39, 0.29) is 24.4 Å². The summed E-state index contributed by atoms with van der Waals surface area (Å²) in [5, 5.41) is 10.9. The van der Waals surface area contributed by atoms with Gasteiger partial charge in [-0.3, -0.25) is 9.36 Å². The Kier molecular flexibility index (Phi) is 5.44. The van der Waals surface area contributed by atoms with Crippen LogP contribution < -0.4 is 0 Å². The maximum Gasteiger partial charge on any atom is 0.360 e. The fourth-order valence-electron chi connectivity index (χ4n) is 2.84. The minimum Gasteiger partial charge on any atom is -0.379 e. The smallest absolute Gasteiger partial charge is 0.360 e. The molecule has 26 heavy (non-hydrogen) atoms. The monoisotopic (exact) mass is 374 g/mol. The topological polar surface area (TPSA) is 72.8 Å². The molecular weight excluding hydrogens is 351 g/mol. The van der Waals surface area contributed by atoms with Crippen molar-refractivity contribution in [2.45, 2.75) is 25.6 Å². The Bertz CT molecular complexity index is 789. The van der Waals surface area contributed by atoms with Crippen molar-refractivity contribution in [3.63, 3.8) is 0 Å². The molecule has 6 heteroatoms. The van der Waals surface area contributed by atoms with E-state index >= 15 is 0 Å². The predicted octanol–water partition coefficient (Wildman–Crippen LogP) is 4.24. The number of carbonyl (C=O) groups is 1. The van der Waals surface area contributed by atoms with E-state index in [1.54, 1.807) is 48.5 Å². The van der Waals surface area contributed by atoms with E-state index in [1.807, 2.05) is 26.0 Å². The zero-order valence-corrected chi connectivity index (χ0v) is 15.8. The molecule has 1 aliphatic rings. The van der Waals surface area contributed by atoms with E-state index in [0.29, 0.717) is 11.1 Å². The Morgan fingerprint density at radius 3 is 2.04 bits per heavy atom. The van der Waals surface area contributed by atoms with Crippen LogP contribution in [0.15, 0.2) is 60.7 Å². The summed E-state index contributed by atoms with van der Waals surface area (Å²) in [5.41, 5.74) is 0.713. The maximum atomic E-state index is 13.1. The first-order valence-corrected chi connectivity index (χ1v) is 10.1. The molecular formula is C20H23O5P. The normalized spacial score (nSPS) is 20.9. The van der Waals surface area contributed by atoms with Gasteiger partial charge in [-0.15, -0.1) is 0 Å². The second-order valence-electron chi connectivity index (χ2n) is 7.28. The molecule has 2 unspecified atom stereocenters. The van der Waals surface area contributed by atoms with Crippen molar-refractivity contribution in [1.29, 1.82) is 0 Å². The Hall–Kier alpha value is -1.78. The Morgan fingerprint density at radius 2 is 1.50 bits per heavy atom. The van der Waals surface area contributed by atoms with E-state index in [9.17, 15) is 14.5 Å². The van der Waals surface area contributed by atoms with Crippen molar-refractivity contribution >= 4 is 13.4 Å². The highest BCUT2D eigenvalue weighted by Crippen LogP contribution is 2.60. The lowest BCUT2D eigenvalue weighted by Gasteiger charge is -2.37. The van der Waals surface area contributed by atoms with Crippen LogP contribution in [0.2, 0.25) is 0 Å². The van der Waals surface area contributed by atoms with Crippen LogP contribution in [0.25, 0.3) is 0 Å². The molecule has 3 rings (SSSR count). The fraction of sp³-hybridized carbons (Fsp3) is 0.350. The first-order valence-electron chi connectivity index (χ1n) is 8.53. The number of benzene rings is 2. The highest BCUT2D eigenvalue weighted by molar-refractivity contribution is 7.54. The van der Waals surface area contributed by atoms with Crippen molar-refractivity contribution in [3.8, 4) is 0 Å². The molecule has 1 saturated heterocycles. The number of carbonyl (C=O) groups excluding carboxylic acids is 1. The van der Waals surface area contributed by atoms with Crippen molar-refractivity contribution in [1.82, 2.24) is 0 Å². The third-order valence-corrected chi connectivity index (χ3v) is 6.32. The summed E-state index contributed by atoms with van der Waals surface area (Å²) >= 11 is 0. The second kappa shape index (κ2) is 7.45. The van der Waals surface area contributed by atoms with Gasteiger partial charge in [-0.05, 0) is 5.56 Å². The lowest BCUT2D eigenvalue weighted by Crippen LogP contribution is -2.35. The highest BCUT2D eigenvalue weighted by Gasteiger charge is 2.48. The molecule has 0 bridgehead atoms. The van der Waals surface area contributed by atoms with Crippen LogP contribution in [0, 0.1) is 5.41 Å². The first kappa shape index (κ1) is 19.0. The number of rotatable bonds is 5. The summed E-state index contributed by atoms with van der Waals surface area (Å²) in [7, 11) is -3.85. The van der Waals surface area contributed by atoms with Gasteiger partial charge in [0.05, 0.1) is 19.1 Å². The van der Waals surface area contributed by atoms with Crippen LogP contribution in [-0.4, -0.2) is 29.9 Å². The molecule has 0 radical (unpaired) electrons. The molecule has 2 aromatic carbocycles. The van der Waals surface area contributed by atoms with Crippen LogP contribution in [0.5, 0.6) is 0 Å². The van der Waals surface area contributed by atoms with Crippen molar-refractivity contribution < 1.29 is 23.5 Å². The average Bonchev–Trinajstić information content (AvgIpc) is 2.66. The third-order valence-electron chi connectivity index (χ3n) is 4.39.